The summed E-state index contributed by atoms with van der Waals surface area (Å²) in [6.07, 6.45) is 0.917. The van der Waals surface area contributed by atoms with Crippen molar-refractivity contribution < 1.29 is 9.47 Å². The van der Waals surface area contributed by atoms with E-state index in [0.29, 0.717) is 35.1 Å². The molecule has 0 aliphatic carbocycles. The minimum Gasteiger partial charge on any atom is -0.491 e. The third-order valence-corrected chi connectivity index (χ3v) is 2.70. The lowest BCUT2D eigenvalue weighted by atomic mass is 10.2. The molecule has 0 unspecified atom stereocenters. The van der Waals surface area contributed by atoms with Crippen LogP contribution in [0.25, 0.3) is 0 Å². The van der Waals surface area contributed by atoms with E-state index in [-0.39, 0.29) is 0 Å². The van der Waals surface area contributed by atoms with Gasteiger partial charge in [0.05, 0.1) is 18.2 Å². The number of nitriles is 1. The van der Waals surface area contributed by atoms with E-state index in [9.17, 15) is 0 Å². The van der Waals surface area contributed by atoms with Crippen LogP contribution in [0.5, 0.6) is 17.2 Å². The Hall–Kier alpha value is -2.67. The van der Waals surface area contributed by atoms with E-state index in [0.717, 1.165) is 6.42 Å². The molecule has 0 atom stereocenters. The molecular formula is C16H16N2O2. The lowest BCUT2D eigenvalue weighted by Crippen LogP contribution is -2.00. The minimum atomic E-state index is 0.477. The second-order valence-corrected chi connectivity index (χ2v) is 4.25. The van der Waals surface area contributed by atoms with Crippen LogP contribution in [0, 0.1) is 11.3 Å². The molecule has 0 heterocycles. The van der Waals surface area contributed by atoms with Gasteiger partial charge in [0.25, 0.3) is 0 Å². The second-order valence-electron chi connectivity index (χ2n) is 4.25. The highest BCUT2D eigenvalue weighted by Crippen LogP contribution is 2.34. The Kier molecular flexibility index (Phi) is 4.46. The fourth-order valence-electron chi connectivity index (χ4n) is 1.68. The molecule has 2 aromatic carbocycles. The minimum absolute atomic E-state index is 0.477. The first-order valence-corrected chi connectivity index (χ1v) is 6.44. The van der Waals surface area contributed by atoms with Crippen LogP contribution in [0.1, 0.15) is 18.9 Å². The molecule has 0 aromatic heterocycles. The second kappa shape index (κ2) is 6.48. The zero-order valence-electron chi connectivity index (χ0n) is 11.3. The van der Waals surface area contributed by atoms with Crippen LogP contribution in [0.15, 0.2) is 42.5 Å². The molecule has 2 N–H and O–H groups in total. The predicted octanol–water partition coefficient (Wildman–Crippen LogP) is 3.72. The Balaban J connectivity index is 2.18. The molecule has 2 rings (SSSR count). The summed E-state index contributed by atoms with van der Waals surface area (Å²) in [5.41, 5.74) is 7.09. The summed E-state index contributed by atoms with van der Waals surface area (Å²) in [6, 6.07) is 14.4. The molecule has 4 heteroatoms. The van der Waals surface area contributed by atoms with Crippen molar-refractivity contribution in [3.8, 4) is 23.3 Å². The van der Waals surface area contributed by atoms with E-state index in [4.69, 9.17) is 20.5 Å². The zero-order valence-corrected chi connectivity index (χ0v) is 11.3. The molecule has 2 aromatic rings. The lowest BCUT2D eigenvalue weighted by Gasteiger charge is -2.12. The van der Waals surface area contributed by atoms with Crippen molar-refractivity contribution in [3.63, 3.8) is 0 Å². The van der Waals surface area contributed by atoms with Crippen molar-refractivity contribution in [2.45, 2.75) is 13.3 Å². The van der Waals surface area contributed by atoms with Crippen molar-refractivity contribution in [1.82, 2.24) is 0 Å². The van der Waals surface area contributed by atoms with Crippen LogP contribution in [0.4, 0.5) is 5.69 Å². The number of ether oxygens (including phenoxy) is 2. The molecule has 20 heavy (non-hydrogen) atoms. The largest absolute Gasteiger partial charge is 0.491 e. The van der Waals surface area contributed by atoms with Gasteiger partial charge in [-0.25, -0.2) is 0 Å². The van der Waals surface area contributed by atoms with Crippen LogP contribution in [-0.2, 0) is 0 Å². The maximum absolute atomic E-state index is 8.75. The third-order valence-electron chi connectivity index (χ3n) is 2.70. The van der Waals surface area contributed by atoms with E-state index in [1.54, 1.807) is 30.3 Å². The van der Waals surface area contributed by atoms with Gasteiger partial charge in [0.15, 0.2) is 5.75 Å². The first-order chi connectivity index (χ1) is 9.74. The molecule has 0 aliphatic heterocycles. The lowest BCUT2D eigenvalue weighted by molar-refractivity contribution is 0.318. The normalized spacial score (nSPS) is 9.80. The van der Waals surface area contributed by atoms with Gasteiger partial charge < -0.3 is 15.2 Å². The van der Waals surface area contributed by atoms with Crippen molar-refractivity contribution >= 4 is 5.69 Å². The molecule has 0 radical (unpaired) electrons. The van der Waals surface area contributed by atoms with Crippen LogP contribution >= 0.6 is 0 Å². The third kappa shape index (κ3) is 3.21. The molecule has 0 aliphatic rings. The van der Waals surface area contributed by atoms with E-state index in [1.165, 1.54) is 0 Å². The van der Waals surface area contributed by atoms with Gasteiger partial charge in [0.2, 0.25) is 0 Å². The predicted molar refractivity (Wildman–Crippen MR) is 77.9 cm³/mol. The molecule has 0 saturated heterocycles. The number of hydrogen-bond donors (Lipinski definition) is 1. The maximum Gasteiger partial charge on any atom is 0.154 e. The Bertz CT molecular complexity index is 615. The Morgan fingerprint density at radius 3 is 2.45 bits per heavy atom. The van der Waals surface area contributed by atoms with Gasteiger partial charge in [-0.05, 0) is 42.8 Å². The monoisotopic (exact) mass is 268 g/mol. The van der Waals surface area contributed by atoms with Crippen molar-refractivity contribution in [1.29, 1.82) is 5.26 Å². The molecule has 4 nitrogen and oxygen atoms in total. The maximum atomic E-state index is 8.75. The van der Waals surface area contributed by atoms with E-state index in [2.05, 4.69) is 6.07 Å². The average molecular weight is 268 g/mol. The average Bonchev–Trinajstić information content (AvgIpc) is 2.49. The smallest absolute Gasteiger partial charge is 0.154 e. The van der Waals surface area contributed by atoms with Crippen LogP contribution < -0.4 is 15.2 Å². The highest BCUT2D eigenvalue weighted by molar-refractivity contribution is 5.63. The Labute approximate surface area is 118 Å². The van der Waals surface area contributed by atoms with E-state index in [1.807, 2.05) is 19.1 Å². The van der Waals surface area contributed by atoms with Gasteiger partial charge in [-0.2, -0.15) is 5.26 Å². The molecule has 0 saturated carbocycles. The Morgan fingerprint density at radius 1 is 1.10 bits per heavy atom. The number of nitrogen functional groups attached to an aromatic ring is 1. The summed E-state index contributed by atoms with van der Waals surface area (Å²) < 4.78 is 11.3. The van der Waals surface area contributed by atoms with Crippen LogP contribution in [0.3, 0.4) is 0 Å². The SMILES string of the molecule is CCCOc1cccc(Oc2ccc(C#N)cc2)c1N. The number of hydrogen-bond acceptors (Lipinski definition) is 4. The molecular weight excluding hydrogens is 252 g/mol. The number of anilines is 1. The summed E-state index contributed by atoms with van der Waals surface area (Å²) in [5.74, 6) is 1.80. The highest BCUT2D eigenvalue weighted by atomic mass is 16.5. The first-order valence-electron chi connectivity index (χ1n) is 6.44. The summed E-state index contributed by atoms with van der Waals surface area (Å²) >= 11 is 0. The van der Waals surface area contributed by atoms with Gasteiger partial charge in [-0.15, -0.1) is 0 Å². The van der Waals surface area contributed by atoms with Gasteiger partial charge >= 0.3 is 0 Å². The standard InChI is InChI=1S/C16H16N2O2/c1-2-10-19-14-4-3-5-15(16(14)18)20-13-8-6-12(11-17)7-9-13/h3-9H,2,10,18H2,1H3. The first kappa shape index (κ1) is 13.8. The molecule has 102 valence electrons. The van der Waals surface area contributed by atoms with Gasteiger partial charge in [0, 0.05) is 0 Å². The van der Waals surface area contributed by atoms with Gasteiger partial charge in [-0.3, -0.25) is 0 Å². The van der Waals surface area contributed by atoms with Crippen molar-refractivity contribution in [2.75, 3.05) is 12.3 Å². The van der Waals surface area contributed by atoms with Gasteiger partial charge in [0.1, 0.15) is 17.2 Å². The molecule has 0 fully saturated rings. The number of benzene rings is 2. The summed E-state index contributed by atoms with van der Waals surface area (Å²) in [7, 11) is 0. The number of para-hydroxylation sites is 1. The Morgan fingerprint density at radius 2 is 1.80 bits per heavy atom. The number of rotatable bonds is 5. The number of nitrogens with two attached hydrogens (primary N) is 1. The molecule has 0 bridgehead atoms. The quantitative estimate of drug-likeness (QED) is 0.839. The topological polar surface area (TPSA) is 68.3 Å². The summed E-state index contributed by atoms with van der Waals surface area (Å²) in [4.78, 5) is 0. The zero-order chi connectivity index (χ0) is 14.4. The molecule has 0 amide bonds. The fraction of sp³-hybridized carbons (Fsp3) is 0.188. The van der Waals surface area contributed by atoms with Crippen LogP contribution in [-0.4, -0.2) is 6.61 Å². The highest BCUT2D eigenvalue weighted by Gasteiger charge is 2.08. The van der Waals surface area contributed by atoms with E-state index < -0.39 is 0 Å². The van der Waals surface area contributed by atoms with E-state index >= 15 is 0 Å². The number of nitrogens with zero attached hydrogens (tertiary/aromatic N) is 1. The van der Waals surface area contributed by atoms with Gasteiger partial charge in [-0.1, -0.05) is 13.0 Å². The van der Waals surface area contributed by atoms with Crippen LogP contribution in [0.2, 0.25) is 0 Å². The fourth-order valence-corrected chi connectivity index (χ4v) is 1.68. The molecule has 0 spiro atoms. The van der Waals surface area contributed by atoms with Crippen molar-refractivity contribution in [3.05, 3.63) is 48.0 Å². The summed E-state index contributed by atoms with van der Waals surface area (Å²) in [6.45, 7) is 2.65. The summed E-state index contributed by atoms with van der Waals surface area (Å²) in [5, 5.41) is 8.75. The van der Waals surface area contributed by atoms with Crippen molar-refractivity contribution in [2.24, 2.45) is 0 Å².